The Bertz CT molecular complexity index is 1200. The quantitative estimate of drug-likeness (QED) is 0.483. The zero-order chi connectivity index (χ0) is 24.4. The number of amides is 1. The molecule has 2 atom stereocenters. The minimum Gasteiger partial charge on any atom is -0.465 e. The van der Waals surface area contributed by atoms with E-state index < -0.39 is 12.5 Å². The molecule has 1 amide bonds. The fraction of sp³-hybridized carbons (Fsp3) is 0.478. The van der Waals surface area contributed by atoms with E-state index in [2.05, 4.69) is 20.6 Å². The molecule has 3 heterocycles. The number of nitrogens with one attached hydrogen (secondary N) is 2. The normalized spacial score (nSPS) is 20.8. The summed E-state index contributed by atoms with van der Waals surface area (Å²) >= 11 is 0. The molecule has 1 aliphatic carbocycles. The molecular weight excluding hydrogens is 460 g/mol. The standard InChI is InChI=1S/C23H27F2N7O3/c24-20(25)21-28-16-6-1-2-7-17(16)32(21)19-13-18(31-8-10-35-11-9-31)29-22(30-19)26-14-4-3-5-15(12-14)27-23(33)34/h1-2,6-7,13-15,20,27H,3-5,8-12H2,(H,33,34)(H,26,29,30). The molecule has 186 valence electrons. The number of alkyl halides is 2. The number of ether oxygens (including phenoxy) is 1. The highest BCUT2D eigenvalue weighted by Crippen LogP contribution is 2.30. The first-order valence-electron chi connectivity index (χ1n) is 11.7. The van der Waals surface area contributed by atoms with Crippen LogP contribution < -0.4 is 15.5 Å². The molecule has 2 unspecified atom stereocenters. The summed E-state index contributed by atoms with van der Waals surface area (Å²) in [5.74, 6) is 0.828. The molecule has 2 aliphatic rings. The number of nitrogens with zero attached hydrogens (tertiary/aromatic N) is 5. The number of benzene rings is 1. The number of hydrogen-bond donors (Lipinski definition) is 3. The van der Waals surface area contributed by atoms with E-state index in [4.69, 9.17) is 14.8 Å². The van der Waals surface area contributed by atoms with Crippen molar-refractivity contribution >= 4 is 28.9 Å². The average molecular weight is 488 g/mol. The van der Waals surface area contributed by atoms with Gasteiger partial charge in [0.25, 0.3) is 6.43 Å². The number of para-hydroxylation sites is 2. The number of halogens is 2. The Labute approximate surface area is 200 Å². The third kappa shape index (κ3) is 5.11. The topological polar surface area (TPSA) is 117 Å². The zero-order valence-corrected chi connectivity index (χ0v) is 19.0. The molecule has 1 saturated heterocycles. The first-order chi connectivity index (χ1) is 17.0. The number of hydrogen-bond acceptors (Lipinski definition) is 7. The predicted octanol–water partition coefficient (Wildman–Crippen LogP) is 3.58. The molecule has 0 radical (unpaired) electrons. The summed E-state index contributed by atoms with van der Waals surface area (Å²) in [6.07, 6.45) is -0.807. The molecule has 10 nitrogen and oxygen atoms in total. The lowest BCUT2D eigenvalue weighted by Crippen LogP contribution is -2.41. The average Bonchev–Trinajstić information content (AvgIpc) is 3.24. The van der Waals surface area contributed by atoms with Crippen LogP contribution in [0.3, 0.4) is 0 Å². The van der Waals surface area contributed by atoms with Crippen LogP contribution in [0.1, 0.15) is 37.9 Å². The first-order valence-corrected chi connectivity index (χ1v) is 11.7. The highest BCUT2D eigenvalue weighted by molar-refractivity contribution is 5.78. The SMILES string of the molecule is O=C(O)NC1CCCC(Nc2nc(N3CCOCC3)cc(-n3c(C(F)F)nc4ccccc43)n2)C1. The van der Waals surface area contributed by atoms with Crippen LogP contribution in [-0.2, 0) is 4.74 Å². The van der Waals surface area contributed by atoms with Crippen molar-refractivity contribution < 1.29 is 23.4 Å². The van der Waals surface area contributed by atoms with E-state index in [1.165, 1.54) is 4.57 Å². The maximum atomic E-state index is 14.0. The van der Waals surface area contributed by atoms with E-state index in [-0.39, 0.29) is 17.9 Å². The largest absolute Gasteiger partial charge is 0.465 e. The molecule has 0 spiro atoms. The third-order valence-corrected chi connectivity index (χ3v) is 6.38. The maximum absolute atomic E-state index is 14.0. The van der Waals surface area contributed by atoms with Gasteiger partial charge in [0.05, 0.1) is 24.2 Å². The van der Waals surface area contributed by atoms with Gasteiger partial charge in [0, 0.05) is 31.2 Å². The van der Waals surface area contributed by atoms with E-state index in [9.17, 15) is 13.6 Å². The van der Waals surface area contributed by atoms with Crippen LogP contribution in [0.15, 0.2) is 30.3 Å². The Hall–Kier alpha value is -3.54. The minimum absolute atomic E-state index is 0.0533. The van der Waals surface area contributed by atoms with Gasteiger partial charge in [-0.25, -0.2) is 18.6 Å². The molecular formula is C23H27F2N7O3. The number of carboxylic acid groups (broad SMARTS) is 1. The van der Waals surface area contributed by atoms with Gasteiger partial charge in [-0.3, -0.25) is 4.57 Å². The second-order valence-corrected chi connectivity index (χ2v) is 8.76. The van der Waals surface area contributed by atoms with Gasteiger partial charge < -0.3 is 25.4 Å². The molecule has 3 aromatic rings. The Kier molecular flexibility index (Phi) is 6.62. The molecule has 12 heteroatoms. The van der Waals surface area contributed by atoms with Gasteiger partial charge >= 0.3 is 6.09 Å². The Morgan fingerprint density at radius 1 is 1.09 bits per heavy atom. The van der Waals surface area contributed by atoms with Crippen molar-refractivity contribution in [3.63, 3.8) is 0 Å². The number of rotatable bonds is 6. The van der Waals surface area contributed by atoms with Crippen molar-refractivity contribution in [1.29, 1.82) is 0 Å². The smallest absolute Gasteiger partial charge is 0.404 e. The number of aromatic nitrogens is 4. The van der Waals surface area contributed by atoms with E-state index in [1.807, 2.05) is 4.90 Å². The summed E-state index contributed by atoms with van der Waals surface area (Å²) < 4.78 is 34.8. The van der Waals surface area contributed by atoms with Crippen LogP contribution in [0.2, 0.25) is 0 Å². The summed E-state index contributed by atoms with van der Waals surface area (Å²) in [7, 11) is 0. The molecule has 1 saturated carbocycles. The van der Waals surface area contributed by atoms with Crippen molar-refractivity contribution in [2.24, 2.45) is 0 Å². The van der Waals surface area contributed by atoms with Gasteiger partial charge in [0.15, 0.2) is 5.82 Å². The van der Waals surface area contributed by atoms with E-state index >= 15 is 0 Å². The summed E-state index contributed by atoms with van der Waals surface area (Å²) in [4.78, 5) is 26.6. The number of anilines is 2. The molecule has 35 heavy (non-hydrogen) atoms. The number of morpholine rings is 1. The molecule has 2 fully saturated rings. The zero-order valence-electron chi connectivity index (χ0n) is 19.0. The molecule has 2 aromatic heterocycles. The Morgan fingerprint density at radius 3 is 2.60 bits per heavy atom. The van der Waals surface area contributed by atoms with Gasteiger partial charge in [-0.1, -0.05) is 12.1 Å². The van der Waals surface area contributed by atoms with E-state index in [0.29, 0.717) is 61.3 Å². The maximum Gasteiger partial charge on any atom is 0.404 e. The highest BCUT2D eigenvalue weighted by atomic mass is 19.3. The van der Waals surface area contributed by atoms with Gasteiger partial charge in [0.1, 0.15) is 11.6 Å². The fourth-order valence-electron chi connectivity index (χ4n) is 4.80. The summed E-state index contributed by atoms with van der Waals surface area (Å²) in [5, 5.41) is 15.0. The summed E-state index contributed by atoms with van der Waals surface area (Å²) in [5.41, 5.74) is 0.988. The number of carbonyl (C=O) groups is 1. The first kappa shape index (κ1) is 23.2. The van der Waals surface area contributed by atoms with Gasteiger partial charge in [-0.05, 0) is 37.8 Å². The van der Waals surface area contributed by atoms with Crippen molar-refractivity contribution in [2.45, 2.75) is 44.2 Å². The van der Waals surface area contributed by atoms with Crippen molar-refractivity contribution in [3.8, 4) is 5.82 Å². The van der Waals surface area contributed by atoms with Crippen molar-refractivity contribution in [2.75, 3.05) is 36.5 Å². The lowest BCUT2D eigenvalue weighted by atomic mass is 9.91. The van der Waals surface area contributed by atoms with Crippen LogP contribution in [0, 0.1) is 0 Å². The second-order valence-electron chi connectivity index (χ2n) is 8.76. The number of imidazole rings is 1. The lowest BCUT2D eigenvalue weighted by molar-refractivity contribution is 0.122. The molecule has 1 aliphatic heterocycles. The molecule has 5 rings (SSSR count). The van der Waals surface area contributed by atoms with Crippen molar-refractivity contribution in [1.82, 2.24) is 24.8 Å². The molecule has 0 bridgehead atoms. The predicted molar refractivity (Wildman–Crippen MR) is 125 cm³/mol. The van der Waals surface area contributed by atoms with Crippen LogP contribution in [0.5, 0.6) is 0 Å². The van der Waals surface area contributed by atoms with Crippen molar-refractivity contribution in [3.05, 3.63) is 36.2 Å². The van der Waals surface area contributed by atoms with E-state index in [1.54, 1.807) is 30.3 Å². The molecule has 3 N–H and O–H groups in total. The number of fused-ring (bicyclic) bond motifs is 1. The van der Waals surface area contributed by atoms with Crippen LogP contribution in [-0.4, -0.2) is 69.1 Å². The molecule has 1 aromatic carbocycles. The second kappa shape index (κ2) is 9.98. The monoisotopic (exact) mass is 487 g/mol. The third-order valence-electron chi connectivity index (χ3n) is 6.38. The lowest BCUT2D eigenvalue weighted by Gasteiger charge is -2.31. The minimum atomic E-state index is -2.79. The summed E-state index contributed by atoms with van der Waals surface area (Å²) in [6.45, 7) is 2.33. The van der Waals surface area contributed by atoms with Gasteiger partial charge in [-0.15, -0.1) is 0 Å². The van der Waals surface area contributed by atoms with Crippen LogP contribution in [0.25, 0.3) is 16.9 Å². The fourth-order valence-corrected chi connectivity index (χ4v) is 4.80. The summed E-state index contributed by atoms with van der Waals surface area (Å²) in [6, 6.07) is 8.44. The highest BCUT2D eigenvalue weighted by Gasteiger charge is 2.26. The van der Waals surface area contributed by atoms with Crippen LogP contribution >= 0.6 is 0 Å². The van der Waals surface area contributed by atoms with Crippen LogP contribution in [0.4, 0.5) is 25.3 Å². The Morgan fingerprint density at radius 2 is 1.83 bits per heavy atom. The van der Waals surface area contributed by atoms with Gasteiger partial charge in [-0.2, -0.15) is 9.97 Å². The van der Waals surface area contributed by atoms with Gasteiger partial charge in [0.2, 0.25) is 5.95 Å². The van der Waals surface area contributed by atoms with E-state index in [0.717, 1.165) is 19.3 Å². The Balaban J connectivity index is 1.53.